The lowest BCUT2D eigenvalue weighted by molar-refractivity contribution is 0.170. The van der Waals surface area contributed by atoms with Crippen molar-refractivity contribution < 1.29 is 9.47 Å². The van der Waals surface area contributed by atoms with Crippen LogP contribution in [0.4, 0.5) is 17.6 Å². The number of nitrogens with zero attached hydrogens (tertiary/aromatic N) is 4. The molecule has 31 heavy (non-hydrogen) atoms. The average molecular weight is 419 g/mol. The van der Waals surface area contributed by atoms with Crippen LogP contribution in [0.25, 0.3) is 0 Å². The summed E-state index contributed by atoms with van der Waals surface area (Å²) in [6, 6.07) is 14.6. The lowest BCUT2D eigenvalue weighted by Gasteiger charge is -2.26. The van der Waals surface area contributed by atoms with E-state index < -0.39 is 0 Å². The van der Waals surface area contributed by atoms with Crippen molar-refractivity contribution in [3.8, 4) is 11.5 Å². The van der Waals surface area contributed by atoms with Gasteiger partial charge in [-0.2, -0.15) is 15.0 Å². The van der Waals surface area contributed by atoms with Crippen molar-refractivity contribution in [1.29, 1.82) is 0 Å². The lowest BCUT2D eigenvalue weighted by Crippen LogP contribution is -2.25. The van der Waals surface area contributed by atoms with Gasteiger partial charge in [0.1, 0.15) is 19.0 Å². The summed E-state index contributed by atoms with van der Waals surface area (Å²) in [6.45, 7) is 4.82. The molecule has 0 bridgehead atoms. The maximum absolute atomic E-state index is 5.98. The molecule has 0 radical (unpaired) electrons. The summed E-state index contributed by atoms with van der Waals surface area (Å²) in [7, 11) is 0. The van der Waals surface area contributed by atoms with Gasteiger partial charge in [-0.1, -0.05) is 23.8 Å². The Morgan fingerprint density at radius 3 is 2.68 bits per heavy atom. The van der Waals surface area contributed by atoms with Crippen LogP contribution in [-0.2, 0) is 6.54 Å². The summed E-state index contributed by atoms with van der Waals surface area (Å²) in [6.07, 6.45) is 2.20. The van der Waals surface area contributed by atoms with Crippen LogP contribution >= 0.6 is 0 Å². The Morgan fingerprint density at radius 2 is 1.84 bits per heavy atom. The van der Waals surface area contributed by atoms with Crippen molar-refractivity contribution >= 4 is 17.6 Å². The molecule has 3 heterocycles. The Labute approximate surface area is 181 Å². The molecule has 1 unspecified atom stereocenters. The van der Waals surface area contributed by atoms with Gasteiger partial charge in [-0.05, 0) is 56.1 Å². The highest BCUT2D eigenvalue weighted by atomic mass is 16.6. The second-order valence-electron chi connectivity index (χ2n) is 7.96. The first-order chi connectivity index (χ1) is 15.1. The molecule has 0 saturated carbocycles. The number of likely N-dealkylation sites (tertiary alicyclic amines) is 1. The number of anilines is 3. The van der Waals surface area contributed by atoms with Crippen molar-refractivity contribution in [2.75, 3.05) is 30.8 Å². The van der Waals surface area contributed by atoms with Crippen molar-refractivity contribution in [2.24, 2.45) is 0 Å². The number of fused-ring (bicyclic) bond motifs is 1. The van der Waals surface area contributed by atoms with Gasteiger partial charge < -0.3 is 20.5 Å². The molecule has 160 valence electrons. The fraction of sp³-hybridized carbons (Fsp3) is 0.348. The number of aryl methyl sites for hydroxylation is 1. The minimum atomic E-state index is 0.217. The standard InChI is InChI=1S/C23H26N6O2/c1-15-4-7-17(8-5-15)25-23-27-21(26-22(24)28-23)14-29-10-2-3-18(29)16-6-9-19-20(13-16)31-12-11-30-19/h4-9,13,18H,2-3,10-12,14H2,1H3,(H3,24,25,26,27,28). The second-order valence-corrected chi connectivity index (χ2v) is 7.96. The molecule has 8 heteroatoms. The molecule has 2 aliphatic heterocycles. The summed E-state index contributed by atoms with van der Waals surface area (Å²) in [5.41, 5.74) is 9.32. The van der Waals surface area contributed by atoms with Crippen molar-refractivity contribution in [1.82, 2.24) is 19.9 Å². The highest BCUT2D eigenvalue weighted by Crippen LogP contribution is 2.38. The zero-order valence-corrected chi connectivity index (χ0v) is 17.5. The first kappa shape index (κ1) is 19.6. The highest BCUT2D eigenvalue weighted by Gasteiger charge is 2.28. The second kappa shape index (κ2) is 8.39. The molecule has 2 aromatic carbocycles. The molecule has 2 aliphatic rings. The molecule has 3 aromatic rings. The van der Waals surface area contributed by atoms with Gasteiger partial charge in [0.05, 0.1) is 6.54 Å². The zero-order valence-electron chi connectivity index (χ0n) is 17.5. The van der Waals surface area contributed by atoms with E-state index in [-0.39, 0.29) is 12.0 Å². The van der Waals surface area contributed by atoms with Crippen LogP contribution in [0.3, 0.4) is 0 Å². The van der Waals surface area contributed by atoms with Gasteiger partial charge in [0.25, 0.3) is 0 Å². The third-order valence-corrected chi connectivity index (χ3v) is 5.67. The largest absolute Gasteiger partial charge is 0.486 e. The van der Waals surface area contributed by atoms with E-state index in [0.29, 0.717) is 31.5 Å². The van der Waals surface area contributed by atoms with Gasteiger partial charge in [0, 0.05) is 11.7 Å². The first-order valence-corrected chi connectivity index (χ1v) is 10.6. The van der Waals surface area contributed by atoms with Crippen LogP contribution in [0.1, 0.15) is 35.8 Å². The predicted molar refractivity (Wildman–Crippen MR) is 119 cm³/mol. The van der Waals surface area contributed by atoms with Gasteiger partial charge in [-0.3, -0.25) is 4.90 Å². The molecule has 1 aromatic heterocycles. The number of nitrogen functional groups attached to an aromatic ring is 1. The predicted octanol–water partition coefficient (Wildman–Crippen LogP) is 3.61. The number of nitrogens with two attached hydrogens (primary N) is 1. The molecule has 0 spiro atoms. The molecule has 1 saturated heterocycles. The number of nitrogens with one attached hydrogen (secondary N) is 1. The molecular formula is C23H26N6O2. The minimum absolute atomic E-state index is 0.217. The Morgan fingerprint density at radius 1 is 1.03 bits per heavy atom. The van der Waals surface area contributed by atoms with E-state index in [1.54, 1.807) is 0 Å². The van der Waals surface area contributed by atoms with Crippen LogP contribution in [0, 0.1) is 6.92 Å². The average Bonchev–Trinajstić information content (AvgIpc) is 3.22. The third kappa shape index (κ3) is 4.39. The minimum Gasteiger partial charge on any atom is -0.486 e. The van der Waals surface area contributed by atoms with Gasteiger partial charge in [0.2, 0.25) is 11.9 Å². The number of benzene rings is 2. The van der Waals surface area contributed by atoms with Crippen LogP contribution in [0.2, 0.25) is 0 Å². The van der Waals surface area contributed by atoms with E-state index >= 15 is 0 Å². The Hall–Kier alpha value is -3.39. The quantitative estimate of drug-likeness (QED) is 0.648. The van der Waals surface area contributed by atoms with E-state index in [1.165, 1.54) is 11.1 Å². The fourth-order valence-electron chi connectivity index (χ4n) is 4.17. The van der Waals surface area contributed by atoms with Crippen molar-refractivity contribution in [3.05, 3.63) is 59.4 Å². The lowest BCUT2D eigenvalue weighted by atomic mass is 10.0. The van der Waals surface area contributed by atoms with Crippen molar-refractivity contribution in [3.63, 3.8) is 0 Å². The maximum Gasteiger partial charge on any atom is 0.232 e. The SMILES string of the molecule is Cc1ccc(Nc2nc(N)nc(CN3CCCC3c3ccc4c(c3)OCCO4)n2)cc1. The Bertz CT molecular complexity index is 1070. The van der Waals surface area contributed by atoms with Gasteiger partial charge in [0.15, 0.2) is 11.5 Å². The summed E-state index contributed by atoms with van der Waals surface area (Å²) in [5.74, 6) is 2.98. The van der Waals surface area contributed by atoms with E-state index in [9.17, 15) is 0 Å². The van der Waals surface area contributed by atoms with Crippen molar-refractivity contribution in [2.45, 2.75) is 32.4 Å². The smallest absolute Gasteiger partial charge is 0.232 e. The van der Waals surface area contributed by atoms with Crippen LogP contribution < -0.4 is 20.5 Å². The molecule has 0 aliphatic carbocycles. The Kier molecular flexibility index (Phi) is 5.30. The Balaban J connectivity index is 1.34. The summed E-state index contributed by atoms with van der Waals surface area (Å²) >= 11 is 0. The summed E-state index contributed by atoms with van der Waals surface area (Å²) in [4.78, 5) is 15.6. The van der Waals surface area contributed by atoms with Crippen LogP contribution in [-0.4, -0.2) is 39.6 Å². The van der Waals surface area contributed by atoms with Crippen LogP contribution in [0.15, 0.2) is 42.5 Å². The molecule has 3 N–H and O–H groups in total. The molecule has 1 atom stereocenters. The molecule has 8 nitrogen and oxygen atoms in total. The number of ether oxygens (including phenoxy) is 2. The third-order valence-electron chi connectivity index (χ3n) is 5.67. The molecular weight excluding hydrogens is 392 g/mol. The van der Waals surface area contributed by atoms with Gasteiger partial charge >= 0.3 is 0 Å². The monoisotopic (exact) mass is 418 g/mol. The van der Waals surface area contributed by atoms with E-state index in [0.717, 1.165) is 36.6 Å². The van der Waals surface area contributed by atoms with Gasteiger partial charge in [-0.25, -0.2) is 0 Å². The summed E-state index contributed by atoms with van der Waals surface area (Å²) in [5, 5.41) is 3.22. The van der Waals surface area contributed by atoms with Gasteiger partial charge in [-0.15, -0.1) is 0 Å². The van der Waals surface area contributed by atoms with E-state index in [4.69, 9.17) is 15.2 Å². The fourth-order valence-corrected chi connectivity index (χ4v) is 4.17. The molecule has 5 rings (SSSR count). The number of hydrogen-bond acceptors (Lipinski definition) is 8. The van der Waals surface area contributed by atoms with E-state index in [2.05, 4.69) is 44.2 Å². The van der Waals surface area contributed by atoms with E-state index in [1.807, 2.05) is 30.3 Å². The maximum atomic E-state index is 5.98. The normalized spacial score (nSPS) is 18.2. The molecule has 0 amide bonds. The zero-order chi connectivity index (χ0) is 21.2. The highest BCUT2D eigenvalue weighted by molar-refractivity contribution is 5.54. The summed E-state index contributed by atoms with van der Waals surface area (Å²) < 4.78 is 11.4. The number of rotatable bonds is 5. The van der Waals surface area contributed by atoms with Crippen LogP contribution in [0.5, 0.6) is 11.5 Å². The molecule has 1 fully saturated rings. The number of hydrogen-bond donors (Lipinski definition) is 2. The first-order valence-electron chi connectivity index (χ1n) is 10.6. The number of aromatic nitrogens is 3. The topological polar surface area (TPSA) is 98.4 Å².